The fourth-order valence-electron chi connectivity index (χ4n) is 1.97. The molecule has 0 fully saturated rings. The molecule has 19 heavy (non-hydrogen) atoms. The van der Waals surface area contributed by atoms with Gasteiger partial charge in [-0.2, -0.15) is 0 Å². The zero-order chi connectivity index (χ0) is 13.7. The SMILES string of the molecule is C#CCN(CCC(=O)O)c1cccc2cccnc12. The van der Waals surface area contributed by atoms with E-state index < -0.39 is 5.97 Å². The highest BCUT2D eigenvalue weighted by atomic mass is 16.4. The van der Waals surface area contributed by atoms with Gasteiger partial charge in [0.25, 0.3) is 0 Å². The van der Waals surface area contributed by atoms with E-state index in [9.17, 15) is 4.79 Å². The van der Waals surface area contributed by atoms with Crippen molar-refractivity contribution in [2.45, 2.75) is 6.42 Å². The molecule has 96 valence electrons. The summed E-state index contributed by atoms with van der Waals surface area (Å²) in [5.41, 5.74) is 1.71. The van der Waals surface area contributed by atoms with E-state index in [-0.39, 0.29) is 6.42 Å². The summed E-state index contributed by atoms with van der Waals surface area (Å²) in [7, 11) is 0. The molecule has 4 nitrogen and oxygen atoms in total. The molecule has 1 aromatic carbocycles. The fraction of sp³-hybridized carbons (Fsp3) is 0.200. The maximum atomic E-state index is 10.7. The van der Waals surface area contributed by atoms with Gasteiger partial charge < -0.3 is 10.0 Å². The number of nitrogens with zero attached hydrogens (tertiary/aromatic N) is 2. The summed E-state index contributed by atoms with van der Waals surface area (Å²) >= 11 is 0. The molecule has 4 heteroatoms. The predicted octanol–water partition coefficient (Wildman–Crippen LogP) is 2.15. The third kappa shape index (κ3) is 3.02. The monoisotopic (exact) mass is 254 g/mol. The normalized spacial score (nSPS) is 10.1. The average Bonchev–Trinajstić information content (AvgIpc) is 2.43. The van der Waals surface area contributed by atoms with Crippen molar-refractivity contribution >= 4 is 22.6 Å². The van der Waals surface area contributed by atoms with E-state index in [1.807, 2.05) is 35.2 Å². The van der Waals surface area contributed by atoms with E-state index in [2.05, 4.69) is 10.9 Å². The number of hydrogen-bond donors (Lipinski definition) is 1. The first-order valence-electron chi connectivity index (χ1n) is 5.96. The van der Waals surface area contributed by atoms with Gasteiger partial charge in [-0.05, 0) is 12.1 Å². The Kier molecular flexibility index (Phi) is 3.99. The van der Waals surface area contributed by atoms with Gasteiger partial charge in [-0.15, -0.1) is 6.42 Å². The number of pyridine rings is 1. The maximum Gasteiger partial charge on any atom is 0.305 e. The second-order valence-corrected chi connectivity index (χ2v) is 4.12. The van der Waals surface area contributed by atoms with Crippen molar-refractivity contribution in [2.75, 3.05) is 18.0 Å². The summed E-state index contributed by atoms with van der Waals surface area (Å²) in [6.07, 6.45) is 7.12. The number of hydrogen-bond acceptors (Lipinski definition) is 3. The maximum absolute atomic E-state index is 10.7. The Balaban J connectivity index is 2.38. The Labute approximate surface area is 111 Å². The van der Waals surface area contributed by atoms with E-state index in [0.29, 0.717) is 13.1 Å². The molecule has 2 aromatic rings. The van der Waals surface area contributed by atoms with Gasteiger partial charge in [0.1, 0.15) is 0 Å². The summed E-state index contributed by atoms with van der Waals surface area (Å²) < 4.78 is 0. The van der Waals surface area contributed by atoms with Crippen LogP contribution in [0.25, 0.3) is 10.9 Å². The molecule has 2 rings (SSSR count). The largest absolute Gasteiger partial charge is 0.481 e. The summed E-state index contributed by atoms with van der Waals surface area (Å²) in [4.78, 5) is 16.9. The van der Waals surface area contributed by atoms with Crippen LogP contribution in [0.3, 0.4) is 0 Å². The molecule has 1 heterocycles. The Morgan fingerprint density at radius 3 is 2.89 bits per heavy atom. The average molecular weight is 254 g/mol. The number of benzene rings is 1. The first kappa shape index (κ1) is 12.9. The molecule has 0 aliphatic rings. The summed E-state index contributed by atoms with van der Waals surface area (Å²) in [6, 6.07) is 9.64. The van der Waals surface area contributed by atoms with Crippen molar-refractivity contribution in [3.63, 3.8) is 0 Å². The lowest BCUT2D eigenvalue weighted by Crippen LogP contribution is -2.26. The highest BCUT2D eigenvalue weighted by Crippen LogP contribution is 2.24. The minimum Gasteiger partial charge on any atom is -0.481 e. The summed E-state index contributed by atoms with van der Waals surface area (Å²) in [6.45, 7) is 0.734. The van der Waals surface area contributed by atoms with E-state index in [0.717, 1.165) is 16.6 Å². The molecule has 0 unspecified atom stereocenters. The Hall–Kier alpha value is -2.54. The molecule has 1 N–H and O–H groups in total. The van der Waals surface area contributed by atoms with Gasteiger partial charge in [0.2, 0.25) is 0 Å². The number of carbonyl (C=O) groups is 1. The Morgan fingerprint density at radius 2 is 2.16 bits per heavy atom. The molecule has 0 aliphatic heterocycles. The fourth-order valence-corrected chi connectivity index (χ4v) is 1.97. The number of fused-ring (bicyclic) bond motifs is 1. The van der Waals surface area contributed by atoms with Crippen molar-refractivity contribution in [1.29, 1.82) is 0 Å². The van der Waals surface area contributed by atoms with Crippen molar-refractivity contribution in [2.24, 2.45) is 0 Å². The number of terminal acetylenes is 1. The van der Waals surface area contributed by atoms with Gasteiger partial charge in [0.05, 0.1) is 24.2 Å². The molecule has 1 aromatic heterocycles. The number of anilines is 1. The number of aromatic nitrogens is 1. The van der Waals surface area contributed by atoms with Crippen molar-refractivity contribution < 1.29 is 9.90 Å². The predicted molar refractivity (Wildman–Crippen MR) is 75.0 cm³/mol. The highest BCUT2D eigenvalue weighted by molar-refractivity contribution is 5.90. The van der Waals surface area contributed by atoms with Crippen LogP contribution in [0.1, 0.15) is 6.42 Å². The van der Waals surface area contributed by atoms with Crippen LogP contribution >= 0.6 is 0 Å². The molecule has 0 saturated heterocycles. The molecular weight excluding hydrogens is 240 g/mol. The van der Waals surface area contributed by atoms with Crippen LogP contribution in [0, 0.1) is 12.3 Å². The molecule has 0 saturated carbocycles. The lowest BCUT2D eigenvalue weighted by Gasteiger charge is -2.22. The molecule has 0 aliphatic carbocycles. The smallest absolute Gasteiger partial charge is 0.305 e. The molecule has 0 spiro atoms. The van der Waals surface area contributed by atoms with Gasteiger partial charge in [0.15, 0.2) is 0 Å². The quantitative estimate of drug-likeness (QED) is 0.831. The lowest BCUT2D eigenvalue weighted by molar-refractivity contribution is -0.136. The number of carboxylic acid groups (broad SMARTS) is 1. The van der Waals surface area contributed by atoms with Gasteiger partial charge in [-0.3, -0.25) is 9.78 Å². The van der Waals surface area contributed by atoms with Gasteiger partial charge in [-0.25, -0.2) is 0 Å². The molecule has 0 radical (unpaired) electrons. The first-order valence-corrected chi connectivity index (χ1v) is 5.96. The van der Waals surface area contributed by atoms with Crippen LogP contribution < -0.4 is 4.90 Å². The Morgan fingerprint density at radius 1 is 1.37 bits per heavy atom. The Bertz CT molecular complexity index is 626. The van der Waals surface area contributed by atoms with Crippen LogP contribution in [-0.4, -0.2) is 29.1 Å². The van der Waals surface area contributed by atoms with Crippen LogP contribution in [0.5, 0.6) is 0 Å². The van der Waals surface area contributed by atoms with Gasteiger partial charge in [-0.1, -0.05) is 24.1 Å². The van der Waals surface area contributed by atoms with E-state index >= 15 is 0 Å². The molecule has 0 atom stereocenters. The number of carboxylic acids is 1. The third-order valence-corrected chi connectivity index (χ3v) is 2.83. The van der Waals surface area contributed by atoms with Crippen LogP contribution in [0.15, 0.2) is 36.5 Å². The van der Waals surface area contributed by atoms with E-state index in [1.54, 1.807) is 6.20 Å². The minimum atomic E-state index is -0.838. The van der Waals surface area contributed by atoms with Gasteiger partial charge in [0, 0.05) is 18.1 Å². The number of rotatable bonds is 5. The molecular formula is C15H14N2O2. The van der Waals surface area contributed by atoms with Crippen LogP contribution in [0.2, 0.25) is 0 Å². The lowest BCUT2D eigenvalue weighted by atomic mass is 10.1. The number of aliphatic carboxylic acids is 1. The zero-order valence-electron chi connectivity index (χ0n) is 10.4. The van der Waals surface area contributed by atoms with E-state index in [1.165, 1.54) is 0 Å². The van der Waals surface area contributed by atoms with Crippen molar-refractivity contribution in [1.82, 2.24) is 4.98 Å². The van der Waals surface area contributed by atoms with Crippen LogP contribution in [0.4, 0.5) is 5.69 Å². The van der Waals surface area contributed by atoms with E-state index in [4.69, 9.17) is 11.5 Å². The van der Waals surface area contributed by atoms with Crippen LogP contribution in [-0.2, 0) is 4.79 Å². The standard InChI is InChI=1S/C15H14N2O2/c1-2-10-17(11-8-14(18)19)13-7-3-5-12-6-4-9-16-15(12)13/h1,3-7,9H,8,10-11H2,(H,18,19). The van der Waals surface area contributed by atoms with Gasteiger partial charge >= 0.3 is 5.97 Å². The second-order valence-electron chi connectivity index (χ2n) is 4.12. The second kappa shape index (κ2) is 5.87. The topological polar surface area (TPSA) is 53.4 Å². The summed E-state index contributed by atoms with van der Waals surface area (Å²) in [5.74, 6) is 1.72. The summed E-state index contributed by atoms with van der Waals surface area (Å²) in [5, 5.41) is 9.81. The third-order valence-electron chi connectivity index (χ3n) is 2.83. The number of para-hydroxylation sites is 1. The zero-order valence-corrected chi connectivity index (χ0v) is 10.4. The van der Waals surface area contributed by atoms with Crippen molar-refractivity contribution in [3.05, 3.63) is 36.5 Å². The minimum absolute atomic E-state index is 0.0465. The highest BCUT2D eigenvalue weighted by Gasteiger charge is 2.11. The first-order chi connectivity index (χ1) is 9.22. The molecule has 0 bridgehead atoms. The molecule has 0 amide bonds. The van der Waals surface area contributed by atoms with Crippen molar-refractivity contribution in [3.8, 4) is 12.3 Å².